The highest BCUT2D eigenvalue weighted by Crippen LogP contribution is 2.38. The van der Waals surface area contributed by atoms with Crippen LogP contribution in [0, 0.1) is 0 Å². The highest BCUT2D eigenvalue weighted by molar-refractivity contribution is 7.46. The molecule has 0 rings (SSSR count). The molecule has 0 spiro atoms. The lowest BCUT2D eigenvalue weighted by molar-refractivity contribution is -0.133. The number of aliphatic hydroxyl groups excluding tert-OH is 2. The summed E-state index contributed by atoms with van der Waals surface area (Å²) in [5.74, 6) is -0.593. The Labute approximate surface area is 176 Å². The van der Waals surface area contributed by atoms with Gasteiger partial charge >= 0.3 is 7.82 Å². The van der Waals surface area contributed by atoms with Crippen LogP contribution in [0.5, 0.6) is 0 Å². The molecule has 0 aromatic carbocycles. The fourth-order valence-corrected chi connectivity index (χ4v) is 3.95. The topological polar surface area (TPSA) is 124 Å². The molecular formula is C21H43O7P. The van der Waals surface area contributed by atoms with Crippen molar-refractivity contribution in [1.29, 1.82) is 0 Å². The number of Topliss-reactive ketones (excluding diaryl/α,β-unsaturated/α-hetero) is 1. The van der Waals surface area contributed by atoms with E-state index in [1.165, 1.54) is 70.6 Å². The maximum atomic E-state index is 12.0. The van der Waals surface area contributed by atoms with Gasteiger partial charge in [0.2, 0.25) is 0 Å². The third-order valence-electron chi connectivity index (χ3n) is 5.13. The Hall–Kier alpha value is -0.300. The molecule has 0 aromatic rings. The molecule has 0 aliphatic heterocycles. The van der Waals surface area contributed by atoms with E-state index in [1.807, 2.05) is 0 Å². The first-order valence-corrected chi connectivity index (χ1v) is 12.9. The number of hydrogen-bond donors (Lipinski definition) is 4. The van der Waals surface area contributed by atoms with Crippen molar-refractivity contribution < 1.29 is 33.9 Å². The van der Waals surface area contributed by atoms with Crippen molar-refractivity contribution in [3.05, 3.63) is 0 Å². The monoisotopic (exact) mass is 438 g/mol. The average molecular weight is 439 g/mol. The molecule has 1 unspecified atom stereocenters. The van der Waals surface area contributed by atoms with Crippen LogP contribution in [-0.2, 0) is 13.9 Å². The third kappa shape index (κ3) is 18.2. The Morgan fingerprint density at radius 3 is 1.52 bits per heavy atom. The number of rotatable bonds is 21. The molecule has 0 bridgehead atoms. The lowest BCUT2D eigenvalue weighted by Crippen LogP contribution is -2.38. The smallest absolute Gasteiger partial charge is 0.394 e. The summed E-state index contributed by atoms with van der Waals surface area (Å²) in [7, 11) is -4.91. The van der Waals surface area contributed by atoms with E-state index in [2.05, 4.69) is 11.4 Å². The van der Waals surface area contributed by atoms with Gasteiger partial charge in [0.1, 0.15) is 6.10 Å². The van der Waals surface area contributed by atoms with Gasteiger partial charge in [-0.05, 0) is 6.42 Å². The van der Waals surface area contributed by atoms with Crippen LogP contribution in [0.15, 0.2) is 0 Å². The van der Waals surface area contributed by atoms with Crippen LogP contribution in [0.2, 0.25) is 0 Å². The van der Waals surface area contributed by atoms with Gasteiger partial charge in [0.15, 0.2) is 11.9 Å². The zero-order chi connectivity index (χ0) is 22.0. The van der Waals surface area contributed by atoms with Crippen molar-refractivity contribution in [1.82, 2.24) is 0 Å². The number of carbonyl (C=O) groups excluding carboxylic acids is 1. The maximum Gasteiger partial charge on any atom is 0.470 e. The van der Waals surface area contributed by atoms with Crippen LogP contribution < -0.4 is 0 Å². The fourth-order valence-electron chi connectivity index (χ4n) is 3.40. The van der Waals surface area contributed by atoms with E-state index in [1.54, 1.807) is 0 Å². The van der Waals surface area contributed by atoms with Gasteiger partial charge in [0.05, 0.1) is 6.61 Å². The Bertz CT molecular complexity index is 439. The van der Waals surface area contributed by atoms with E-state index in [0.717, 1.165) is 19.3 Å². The molecule has 0 aliphatic carbocycles. The molecule has 0 saturated carbocycles. The van der Waals surface area contributed by atoms with E-state index < -0.39 is 32.4 Å². The predicted molar refractivity (Wildman–Crippen MR) is 115 cm³/mol. The summed E-state index contributed by atoms with van der Waals surface area (Å²) in [6.07, 6.45) is 14.8. The number of aliphatic hydroxyl groups is 2. The summed E-state index contributed by atoms with van der Waals surface area (Å²) in [4.78, 5) is 29.7. The Kier molecular flexibility index (Phi) is 18.3. The second kappa shape index (κ2) is 18.5. The summed E-state index contributed by atoms with van der Waals surface area (Å²) >= 11 is 0. The normalized spacial score (nSPS) is 14.1. The molecular weight excluding hydrogens is 395 g/mol. The molecule has 4 N–H and O–H groups in total. The maximum absolute atomic E-state index is 12.0. The molecule has 0 heterocycles. The lowest BCUT2D eigenvalue weighted by Gasteiger charge is -2.20. The largest absolute Gasteiger partial charge is 0.470 e. The van der Waals surface area contributed by atoms with Gasteiger partial charge in [-0.25, -0.2) is 4.57 Å². The van der Waals surface area contributed by atoms with E-state index in [0.29, 0.717) is 6.42 Å². The van der Waals surface area contributed by atoms with Crippen molar-refractivity contribution in [3.8, 4) is 0 Å². The van der Waals surface area contributed by atoms with Crippen molar-refractivity contribution in [2.24, 2.45) is 0 Å². The minimum atomic E-state index is -4.91. The van der Waals surface area contributed by atoms with Gasteiger partial charge in [-0.3, -0.25) is 9.32 Å². The molecule has 174 valence electrons. The fraction of sp³-hybridized carbons (Fsp3) is 0.952. The Balaban J connectivity index is 3.61. The molecule has 0 aromatic heterocycles. The van der Waals surface area contributed by atoms with E-state index in [4.69, 9.17) is 14.9 Å². The highest BCUT2D eigenvalue weighted by atomic mass is 31.2. The van der Waals surface area contributed by atoms with Crippen LogP contribution >= 0.6 is 7.82 Å². The molecule has 8 heteroatoms. The van der Waals surface area contributed by atoms with Crippen molar-refractivity contribution in [2.75, 3.05) is 6.61 Å². The Morgan fingerprint density at radius 1 is 0.793 bits per heavy atom. The molecule has 0 amide bonds. The predicted octanol–water partition coefficient (Wildman–Crippen LogP) is 4.65. The molecule has 0 radical (unpaired) electrons. The number of ketones is 1. The van der Waals surface area contributed by atoms with Gasteiger partial charge in [0, 0.05) is 6.42 Å². The molecule has 0 fully saturated rings. The summed E-state index contributed by atoms with van der Waals surface area (Å²) in [6.45, 7) is 1.44. The molecule has 7 nitrogen and oxygen atoms in total. The highest BCUT2D eigenvalue weighted by Gasteiger charge is 2.33. The van der Waals surface area contributed by atoms with Crippen molar-refractivity contribution in [2.45, 2.75) is 122 Å². The number of phosphoric acid groups is 1. The van der Waals surface area contributed by atoms with Crippen LogP contribution in [0.3, 0.4) is 0 Å². The number of phosphoric ester groups is 1. The zero-order valence-corrected chi connectivity index (χ0v) is 19.0. The third-order valence-corrected chi connectivity index (χ3v) is 5.63. The van der Waals surface area contributed by atoms with E-state index >= 15 is 0 Å². The summed E-state index contributed by atoms with van der Waals surface area (Å²) in [5.41, 5.74) is 0. The Morgan fingerprint density at radius 2 is 1.17 bits per heavy atom. The molecule has 0 aliphatic rings. The minimum Gasteiger partial charge on any atom is -0.394 e. The zero-order valence-electron chi connectivity index (χ0n) is 18.1. The van der Waals surface area contributed by atoms with E-state index in [-0.39, 0.29) is 6.42 Å². The van der Waals surface area contributed by atoms with Gasteiger partial charge < -0.3 is 20.0 Å². The van der Waals surface area contributed by atoms with Crippen molar-refractivity contribution >= 4 is 13.6 Å². The second-order valence-electron chi connectivity index (χ2n) is 7.93. The summed E-state index contributed by atoms with van der Waals surface area (Å²) in [6, 6.07) is 0. The molecule has 2 atom stereocenters. The van der Waals surface area contributed by atoms with Gasteiger partial charge in [-0.15, -0.1) is 0 Å². The van der Waals surface area contributed by atoms with Gasteiger partial charge in [0.25, 0.3) is 0 Å². The van der Waals surface area contributed by atoms with Crippen LogP contribution in [0.25, 0.3) is 0 Å². The first-order chi connectivity index (χ1) is 13.8. The average Bonchev–Trinajstić information content (AvgIpc) is 2.67. The molecule has 0 saturated heterocycles. The SMILES string of the molecule is CCCCCCCCCCCCCCCCCC(=O)C(OP(=O)(O)O)[C@@H](O)CO. The van der Waals surface area contributed by atoms with Gasteiger partial charge in [-0.1, -0.05) is 96.8 Å². The number of hydrogen-bond acceptors (Lipinski definition) is 5. The summed E-state index contributed by atoms with van der Waals surface area (Å²) < 4.78 is 15.2. The number of carbonyl (C=O) groups is 1. The standard InChI is InChI=1S/C21H43O7P/c1-2-3-4-5-6-7-8-9-10-11-12-13-14-15-16-17-19(23)21(20(24)18-22)28-29(25,26)27/h20-22,24H,2-18H2,1H3,(H2,25,26,27)/t20-,21?/m0/s1. The van der Waals surface area contributed by atoms with Crippen LogP contribution in [-0.4, -0.2) is 44.6 Å². The van der Waals surface area contributed by atoms with Crippen molar-refractivity contribution in [3.63, 3.8) is 0 Å². The first kappa shape index (κ1) is 28.7. The van der Waals surface area contributed by atoms with Crippen LogP contribution in [0.4, 0.5) is 0 Å². The first-order valence-electron chi connectivity index (χ1n) is 11.4. The second-order valence-corrected chi connectivity index (χ2v) is 9.12. The minimum absolute atomic E-state index is 0.0694. The lowest BCUT2D eigenvalue weighted by atomic mass is 10.0. The molecule has 29 heavy (non-hydrogen) atoms. The van der Waals surface area contributed by atoms with Crippen LogP contribution in [0.1, 0.15) is 110 Å². The number of unbranched alkanes of at least 4 members (excludes halogenated alkanes) is 14. The summed E-state index contributed by atoms with van der Waals surface area (Å²) in [5, 5.41) is 18.5. The van der Waals surface area contributed by atoms with E-state index in [9.17, 15) is 14.5 Å². The van der Waals surface area contributed by atoms with Gasteiger partial charge in [-0.2, -0.15) is 0 Å². The quantitative estimate of drug-likeness (QED) is 0.152.